The Morgan fingerprint density at radius 3 is 2.80 bits per heavy atom. The fourth-order valence-corrected chi connectivity index (χ4v) is 3.28. The van der Waals surface area contributed by atoms with Gasteiger partial charge in [0.25, 0.3) is 0 Å². The SMILES string of the molecule is CCNC(=NCc1ccccn1)NCC1CCCc2ccccc21.I. The molecule has 1 atom stereocenters. The Labute approximate surface area is 167 Å². The molecular weight excluding hydrogens is 423 g/mol. The van der Waals surface area contributed by atoms with E-state index in [0.717, 1.165) is 24.7 Å². The minimum Gasteiger partial charge on any atom is -0.357 e. The van der Waals surface area contributed by atoms with E-state index in [0.29, 0.717) is 12.5 Å². The van der Waals surface area contributed by atoms with Gasteiger partial charge in [0, 0.05) is 25.2 Å². The number of nitrogens with zero attached hydrogens (tertiary/aromatic N) is 2. The van der Waals surface area contributed by atoms with Crippen LogP contribution in [0, 0.1) is 0 Å². The van der Waals surface area contributed by atoms with Gasteiger partial charge in [-0.15, -0.1) is 24.0 Å². The zero-order valence-electron chi connectivity index (χ0n) is 14.7. The standard InChI is InChI=1S/C20H26N4.HI/c1-2-21-20(24-15-18-11-5-6-13-22-18)23-14-17-10-7-9-16-8-3-4-12-19(16)17;/h3-6,8,11-13,17H,2,7,9-10,14-15H2,1H3,(H2,21,23,24);1H. The molecule has 0 bridgehead atoms. The first kappa shape index (κ1) is 19.7. The van der Waals surface area contributed by atoms with Crippen molar-refractivity contribution < 1.29 is 0 Å². The summed E-state index contributed by atoms with van der Waals surface area (Å²) in [6.45, 7) is 4.46. The molecule has 1 aromatic carbocycles. The molecule has 5 heteroatoms. The van der Waals surface area contributed by atoms with E-state index in [2.05, 4.69) is 51.8 Å². The van der Waals surface area contributed by atoms with Gasteiger partial charge in [-0.3, -0.25) is 4.98 Å². The molecule has 0 aliphatic heterocycles. The summed E-state index contributed by atoms with van der Waals surface area (Å²) in [5.74, 6) is 1.43. The lowest BCUT2D eigenvalue weighted by Gasteiger charge is -2.26. The minimum absolute atomic E-state index is 0. The second-order valence-electron chi connectivity index (χ2n) is 6.19. The monoisotopic (exact) mass is 450 g/mol. The number of pyridine rings is 1. The Kier molecular flexibility index (Phi) is 8.18. The Bertz CT molecular complexity index is 672. The highest BCUT2D eigenvalue weighted by molar-refractivity contribution is 14.0. The van der Waals surface area contributed by atoms with Gasteiger partial charge >= 0.3 is 0 Å². The van der Waals surface area contributed by atoms with Crippen molar-refractivity contribution >= 4 is 29.9 Å². The fourth-order valence-electron chi connectivity index (χ4n) is 3.28. The zero-order valence-corrected chi connectivity index (χ0v) is 17.1. The van der Waals surface area contributed by atoms with E-state index in [1.807, 2.05) is 24.4 Å². The molecule has 4 nitrogen and oxygen atoms in total. The summed E-state index contributed by atoms with van der Waals surface area (Å²) in [5.41, 5.74) is 3.99. The second kappa shape index (κ2) is 10.4. The molecular formula is C20H27IN4. The Hall–Kier alpha value is -1.63. The molecule has 1 aliphatic carbocycles. The Morgan fingerprint density at radius 2 is 2.00 bits per heavy atom. The van der Waals surface area contributed by atoms with Gasteiger partial charge in [-0.25, -0.2) is 4.99 Å². The molecule has 0 saturated carbocycles. The summed E-state index contributed by atoms with van der Waals surface area (Å²) < 4.78 is 0. The van der Waals surface area contributed by atoms with Gasteiger partial charge < -0.3 is 10.6 Å². The smallest absolute Gasteiger partial charge is 0.191 e. The maximum Gasteiger partial charge on any atom is 0.191 e. The van der Waals surface area contributed by atoms with Crippen molar-refractivity contribution in [3.63, 3.8) is 0 Å². The van der Waals surface area contributed by atoms with Gasteiger partial charge in [0.05, 0.1) is 12.2 Å². The van der Waals surface area contributed by atoms with Gasteiger partial charge in [0.15, 0.2) is 5.96 Å². The topological polar surface area (TPSA) is 49.3 Å². The van der Waals surface area contributed by atoms with E-state index in [1.165, 1.54) is 30.4 Å². The first-order valence-electron chi connectivity index (χ1n) is 8.86. The van der Waals surface area contributed by atoms with Crippen molar-refractivity contribution in [2.45, 2.75) is 38.6 Å². The maximum absolute atomic E-state index is 4.66. The van der Waals surface area contributed by atoms with E-state index in [-0.39, 0.29) is 24.0 Å². The van der Waals surface area contributed by atoms with Crippen LogP contribution in [-0.4, -0.2) is 24.0 Å². The van der Waals surface area contributed by atoms with Gasteiger partial charge in [0.1, 0.15) is 0 Å². The Balaban J connectivity index is 0.00000225. The van der Waals surface area contributed by atoms with Gasteiger partial charge in [0.2, 0.25) is 0 Å². The molecule has 25 heavy (non-hydrogen) atoms. The number of hydrogen-bond acceptors (Lipinski definition) is 2. The highest BCUT2D eigenvalue weighted by atomic mass is 127. The van der Waals surface area contributed by atoms with Crippen LogP contribution in [0.25, 0.3) is 0 Å². The summed E-state index contributed by atoms with van der Waals surface area (Å²) in [6, 6.07) is 14.8. The van der Waals surface area contributed by atoms with Crippen molar-refractivity contribution in [2.24, 2.45) is 4.99 Å². The van der Waals surface area contributed by atoms with Crippen LogP contribution in [0.3, 0.4) is 0 Å². The zero-order chi connectivity index (χ0) is 16.6. The number of benzene rings is 1. The number of nitrogens with one attached hydrogen (secondary N) is 2. The third-order valence-electron chi connectivity index (χ3n) is 4.48. The maximum atomic E-state index is 4.66. The molecule has 0 amide bonds. The summed E-state index contributed by atoms with van der Waals surface area (Å²) in [5, 5.41) is 6.84. The first-order chi connectivity index (χ1) is 11.9. The van der Waals surface area contributed by atoms with Crippen LogP contribution in [0.2, 0.25) is 0 Å². The molecule has 1 aromatic heterocycles. The lowest BCUT2D eigenvalue weighted by Crippen LogP contribution is -2.39. The van der Waals surface area contributed by atoms with Gasteiger partial charge in [-0.05, 0) is 49.4 Å². The average molecular weight is 450 g/mol. The lowest BCUT2D eigenvalue weighted by molar-refractivity contribution is 0.539. The molecule has 1 aliphatic rings. The lowest BCUT2D eigenvalue weighted by atomic mass is 9.83. The third-order valence-corrected chi connectivity index (χ3v) is 4.48. The molecule has 0 spiro atoms. The molecule has 3 rings (SSSR count). The quantitative estimate of drug-likeness (QED) is 0.413. The second-order valence-corrected chi connectivity index (χ2v) is 6.19. The normalized spacial score (nSPS) is 16.5. The molecule has 134 valence electrons. The van der Waals surface area contributed by atoms with E-state index in [4.69, 9.17) is 0 Å². The van der Waals surface area contributed by atoms with Crippen LogP contribution in [0.15, 0.2) is 53.7 Å². The fraction of sp³-hybridized carbons (Fsp3) is 0.400. The van der Waals surface area contributed by atoms with Crippen LogP contribution in [0.1, 0.15) is 42.5 Å². The highest BCUT2D eigenvalue weighted by Gasteiger charge is 2.19. The Morgan fingerprint density at radius 1 is 1.16 bits per heavy atom. The number of rotatable bonds is 5. The minimum atomic E-state index is 0. The van der Waals surface area contributed by atoms with Crippen molar-refractivity contribution in [3.05, 3.63) is 65.5 Å². The van der Waals surface area contributed by atoms with Crippen LogP contribution in [-0.2, 0) is 13.0 Å². The molecule has 0 radical (unpaired) electrons. The van der Waals surface area contributed by atoms with E-state index >= 15 is 0 Å². The predicted octanol–water partition coefficient (Wildman–Crippen LogP) is 3.87. The molecule has 1 heterocycles. The number of hydrogen-bond donors (Lipinski definition) is 2. The number of aryl methyl sites for hydroxylation is 1. The molecule has 0 saturated heterocycles. The van der Waals surface area contributed by atoms with E-state index in [9.17, 15) is 0 Å². The number of halogens is 1. The van der Waals surface area contributed by atoms with Crippen LogP contribution in [0.4, 0.5) is 0 Å². The van der Waals surface area contributed by atoms with Crippen molar-refractivity contribution in [1.29, 1.82) is 0 Å². The molecule has 2 aromatic rings. The third kappa shape index (κ3) is 5.70. The van der Waals surface area contributed by atoms with Crippen LogP contribution < -0.4 is 10.6 Å². The first-order valence-corrected chi connectivity index (χ1v) is 8.86. The predicted molar refractivity (Wildman–Crippen MR) is 115 cm³/mol. The van der Waals surface area contributed by atoms with E-state index < -0.39 is 0 Å². The summed E-state index contributed by atoms with van der Waals surface area (Å²) in [4.78, 5) is 8.98. The van der Waals surface area contributed by atoms with Crippen LogP contribution in [0.5, 0.6) is 0 Å². The molecule has 0 fully saturated rings. The molecule has 2 N–H and O–H groups in total. The number of fused-ring (bicyclic) bond motifs is 1. The summed E-state index contributed by atoms with van der Waals surface area (Å²) in [7, 11) is 0. The van der Waals surface area contributed by atoms with Crippen molar-refractivity contribution in [1.82, 2.24) is 15.6 Å². The van der Waals surface area contributed by atoms with E-state index in [1.54, 1.807) is 0 Å². The van der Waals surface area contributed by atoms with Crippen molar-refractivity contribution in [2.75, 3.05) is 13.1 Å². The van der Waals surface area contributed by atoms with Gasteiger partial charge in [-0.2, -0.15) is 0 Å². The number of aliphatic imine (C=N–C) groups is 1. The summed E-state index contributed by atoms with van der Waals surface area (Å²) >= 11 is 0. The number of aromatic nitrogens is 1. The highest BCUT2D eigenvalue weighted by Crippen LogP contribution is 2.30. The van der Waals surface area contributed by atoms with Crippen LogP contribution >= 0.6 is 24.0 Å². The van der Waals surface area contributed by atoms with Crippen molar-refractivity contribution in [3.8, 4) is 0 Å². The summed E-state index contributed by atoms with van der Waals surface area (Å²) in [6.07, 6.45) is 5.53. The van der Waals surface area contributed by atoms with Gasteiger partial charge in [-0.1, -0.05) is 30.3 Å². The number of guanidine groups is 1. The largest absolute Gasteiger partial charge is 0.357 e. The average Bonchev–Trinajstić information content (AvgIpc) is 2.65. The molecule has 1 unspecified atom stereocenters.